The summed E-state index contributed by atoms with van der Waals surface area (Å²) in [4.78, 5) is 23.9. The zero-order valence-electron chi connectivity index (χ0n) is 12.9. The number of amides is 1. The Balaban J connectivity index is 2.35. The van der Waals surface area contributed by atoms with Gasteiger partial charge in [0.25, 0.3) is 5.95 Å². The van der Waals surface area contributed by atoms with E-state index in [1.807, 2.05) is 32.0 Å². The SMILES string of the molecule is CCOc1ccc2nc(/N=C(/N)NC(=O)CC)nc(C)c2c1. The number of guanidine groups is 1. The second-order valence-corrected chi connectivity index (χ2v) is 4.62. The van der Waals surface area contributed by atoms with Gasteiger partial charge in [0, 0.05) is 11.8 Å². The van der Waals surface area contributed by atoms with Gasteiger partial charge in [0.05, 0.1) is 17.8 Å². The molecule has 0 aliphatic heterocycles. The molecule has 7 nitrogen and oxygen atoms in total. The van der Waals surface area contributed by atoms with Crippen LogP contribution in [0.25, 0.3) is 10.9 Å². The second-order valence-electron chi connectivity index (χ2n) is 4.62. The van der Waals surface area contributed by atoms with Gasteiger partial charge in [-0.15, -0.1) is 0 Å². The lowest BCUT2D eigenvalue weighted by molar-refractivity contribution is -0.119. The molecule has 0 aliphatic carbocycles. The average Bonchev–Trinajstić information content (AvgIpc) is 2.48. The number of hydrogen-bond acceptors (Lipinski definition) is 5. The summed E-state index contributed by atoms with van der Waals surface area (Å²) in [6.45, 7) is 6.12. The molecule has 2 aromatic rings. The number of aromatic nitrogens is 2. The minimum absolute atomic E-state index is 0.0171. The standard InChI is InChI=1S/C15H19N5O2/c1-4-13(21)19-14(16)20-15-17-9(3)11-8-10(22-5-2)6-7-12(11)18-15/h6-8H,4-5H2,1-3H3,(H3,16,17,18,19,20,21). The maximum absolute atomic E-state index is 11.3. The summed E-state index contributed by atoms with van der Waals surface area (Å²) in [6, 6.07) is 5.58. The lowest BCUT2D eigenvalue weighted by Gasteiger charge is -2.07. The van der Waals surface area contributed by atoms with Crippen molar-refractivity contribution in [2.24, 2.45) is 10.7 Å². The van der Waals surface area contributed by atoms with E-state index in [-0.39, 0.29) is 17.8 Å². The zero-order valence-corrected chi connectivity index (χ0v) is 12.9. The minimum atomic E-state index is -0.208. The van der Waals surface area contributed by atoms with Crippen LogP contribution < -0.4 is 15.8 Å². The molecule has 0 saturated carbocycles. The van der Waals surface area contributed by atoms with Gasteiger partial charge in [0.1, 0.15) is 5.75 Å². The molecule has 7 heteroatoms. The number of aryl methyl sites for hydroxylation is 1. The molecule has 1 aromatic carbocycles. The smallest absolute Gasteiger partial charge is 0.253 e. The number of rotatable bonds is 4. The van der Waals surface area contributed by atoms with E-state index in [1.165, 1.54) is 0 Å². The fraction of sp³-hybridized carbons (Fsp3) is 0.333. The van der Waals surface area contributed by atoms with E-state index in [1.54, 1.807) is 6.92 Å². The molecule has 1 amide bonds. The highest BCUT2D eigenvalue weighted by atomic mass is 16.5. The van der Waals surface area contributed by atoms with Crippen molar-refractivity contribution in [3.8, 4) is 5.75 Å². The molecule has 1 aromatic heterocycles. The number of nitrogens with two attached hydrogens (primary N) is 1. The first-order chi connectivity index (χ1) is 10.5. The number of fused-ring (bicyclic) bond motifs is 1. The maximum Gasteiger partial charge on any atom is 0.253 e. The second kappa shape index (κ2) is 6.84. The van der Waals surface area contributed by atoms with E-state index in [0.717, 1.165) is 22.3 Å². The predicted molar refractivity (Wildman–Crippen MR) is 85.2 cm³/mol. The molecule has 0 radical (unpaired) electrons. The Morgan fingerprint density at radius 2 is 2.14 bits per heavy atom. The number of aliphatic imine (C=N–C) groups is 1. The van der Waals surface area contributed by atoms with Crippen LogP contribution in [0.1, 0.15) is 26.0 Å². The summed E-state index contributed by atoms with van der Waals surface area (Å²) >= 11 is 0. The van der Waals surface area contributed by atoms with Crippen molar-refractivity contribution in [3.05, 3.63) is 23.9 Å². The van der Waals surface area contributed by atoms with Crippen molar-refractivity contribution >= 4 is 28.7 Å². The first-order valence-electron chi connectivity index (χ1n) is 7.08. The number of benzene rings is 1. The van der Waals surface area contributed by atoms with Crippen LogP contribution in [0.2, 0.25) is 0 Å². The lowest BCUT2D eigenvalue weighted by Crippen LogP contribution is -2.36. The quantitative estimate of drug-likeness (QED) is 0.662. The molecule has 1 heterocycles. The van der Waals surface area contributed by atoms with E-state index in [2.05, 4.69) is 20.3 Å². The average molecular weight is 301 g/mol. The first-order valence-corrected chi connectivity index (χ1v) is 7.08. The molecule has 0 aliphatic rings. The summed E-state index contributed by atoms with van der Waals surface area (Å²) in [5, 5.41) is 3.35. The molecular weight excluding hydrogens is 282 g/mol. The molecule has 0 unspecified atom stereocenters. The number of carbonyl (C=O) groups is 1. The van der Waals surface area contributed by atoms with Crippen molar-refractivity contribution in [1.29, 1.82) is 0 Å². The van der Waals surface area contributed by atoms with Gasteiger partial charge in [-0.05, 0) is 32.0 Å². The van der Waals surface area contributed by atoms with Crippen LogP contribution in [-0.4, -0.2) is 28.4 Å². The minimum Gasteiger partial charge on any atom is -0.494 e. The summed E-state index contributed by atoms with van der Waals surface area (Å²) in [7, 11) is 0. The van der Waals surface area contributed by atoms with E-state index in [4.69, 9.17) is 10.5 Å². The maximum atomic E-state index is 11.3. The zero-order chi connectivity index (χ0) is 16.1. The van der Waals surface area contributed by atoms with E-state index in [0.29, 0.717) is 13.0 Å². The normalized spacial score (nSPS) is 11.5. The Kier molecular flexibility index (Phi) is 4.88. The third kappa shape index (κ3) is 3.69. The molecule has 0 saturated heterocycles. The van der Waals surface area contributed by atoms with Gasteiger partial charge in [0.2, 0.25) is 11.9 Å². The number of carbonyl (C=O) groups excluding carboxylic acids is 1. The van der Waals surface area contributed by atoms with Crippen LogP contribution >= 0.6 is 0 Å². The number of nitrogens with zero attached hydrogens (tertiary/aromatic N) is 3. The van der Waals surface area contributed by atoms with Gasteiger partial charge in [-0.3, -0.25) is 10.1 Å². The Morgan fingerprint density at radius 3 is 2.82 bits per heavy atom. The predicted octanol–water partition coefficient (Wildman–Crippen LogP) is 1.81. The first kappa shape index (κ1) is 15.7. The van der Waals surface area contributed by atoms with Crippen LogP contribution in [0, 0.1) is 6.92 Å². The van der Waals surface area contributed by atoms with Gasteiger partial charge in [-0.25, -0.2) is 9.97 Å². The van der Waals surface area contributed by atoms with Gasteiger partial charge in [-0.1, -0.05) is 6.92 Å². The number of ether oxygens (including phenoxy) is 1. The van der Waals surface area contributed by atoms with Gasteiger partial charge < -0.3 is 10.5 Å². The highest BCUT2D eigenvalue weighted by molar-refractivity contribution is 5.96. The van der Waals surface area contributed by atoms with E-state index < -0.39 is 0 Å². The third-order valence-electron chi connectivity index (χ3n) is 2.97. The van der Waals surface area contributed by atoms with Crippen molar-refractivity contribution < 1.29 is 9.53 Å². The van der Waals surface area contributed by atoms with Gasteiger partial charge in [-0.2, -0.15) is 4.99 Å². The summed E-state index contributed by atoms with van der Waals surface area (Å²) in [5.74, 6) is 0.757. The molecule has 0 atom stereocenters. The summed E-state index contributed by atoms with van der Waals surface area (Å²) in [6.07, 6.45) is 0.327. The van der Waals surface area contributed by atoms with Crippen molar-refractivity contribution in [2.75, 3.05) is 6.61 Å². The van der Waals surface area contributed by atoms with Gasteiger partial charge in [0.15, 0.2) is 0 Å². The molecule has 0 bridgehead atoms. The number of hydrogen-bond donors (Lipinski definition) is 2. The highest BCUT2D eigenvalue weighted by Crippen LogP contribution is 2.23. The number of nitrogens with one attached hydrogen (secondary N) is 1. The van der Waals surface area contributed by atoms with Crippen LogP contribution in [0.4, 0.5) is 5.95 Å². The fourth-order valence-electron chi connectivity index (χ4n) is 1.92. The Labute approximate surface area is 128 Å². The van der Waals surface area contributed by atoms with Crippen LogP contribution in [-0.2, 0) is 4.79 Å². The van der Waals surface area contributed by atoms with Crippen molar-refractivity contribution in [1.82, 2.24) is 15.3 Å². The van der Waals surface area contributed by atoms with Crippen LogP contribution in [0.3, 0.4) is 0 Å². The Hall–Kier alpha value is -2.70. The summed E-state index contributed by atoms with van der Waals surface area (Å²) < 4.78 is 5.47. The molecule has 2 rings (SSSR count). The molecule has 22 heavy (non-hydrogen) atoms. The van der Waals surface area contributed by atoms with E-state index in [9.17, 15) is 4.79 Å². The monoisotopic (exact) mass is 301 g/mol. The summed E-state index contributed by atoms with van der Waals surface area (Å²) in [5.41, 5.74) is 7.16. The molecule has 3 N–H and O–H groups in total. The van der Waals surface area contributed by atoms with Crippen molar-refractivity contribution in [3.63, 3.8) is 0 Å². The molecule has 0 spiro atoms. The van der Waals surface area contributed by atoms with E-state index >= 15 is 0 Å². The Bertz CT molecular complexity index is 727. The fourth-order valence-corrected chi connectivity index (χ4v) is 1.92. The topological polar surface area (TPSA) is 102 Å². The van der Waals surface area contributed by atoms with Crippen LogP contribution in [0.5, 0.6) is 5.75 Å². The largest absolute Gasteiger partial charge is 0.494 e. The third-order valence-corrected chi connectivity index (χ3v) is 2.97. The van der Waals surface area contributed by atoms with Crippen LogP contribution in [0.15, 0.2) is 23.2 Å². The Morgan fingerprint density at radius 1 is 1.36 bits per heavy atom. The lowest BCUT2D eigenvalue weighted by atomic mass is 10.2. The van der Waals surface area contributed by atoms with Gasteiger partial charge >= 0.3 is 0 Å². The molecular formula is C15H19N5O2. The molecule has 116 valence electrons. The molecule has 0 fully saturated rings. The highest BCUT2D eigenvalue weighted by Gasteiger charge is 2.07. The van der Waals surface area contributed by atoms with Crippen molar-refractivity contribution in [2.45, 2.75) is 27.2 Å².